The fourth-order valence-corrected chi connectivity index (χ4v) is 2.25. The van der Waals surface area contributed by atoms with Crippen LogP contribution in [0.3, 0.4) is 0 Å². The number of rotatable bonds is 6. The van der Waals surface area contributed by atoms with Gasteiger partial charge in [0, 0.05) is 13.0 Å². The summed E-state index contributed by atoms with van der Waals surface area (Å²) in [5.74, 6) is 1.08. The molecule has 0 bridgehead atoms. The molecule has 1 aromatic carbocycles. The molecule has 1 amide bonds. The number of hydrogen-bond donors (Lipinski definition) is 2. The first-order chi connectivity index (χ1) is 9.20. The van der Waals surface area contributed by atoms with Crippen molar-refractivity contribution in [3.05, 3.63) is 29.3 Å². The molecule has 4 heteroatoms. The summed E-state index contributed by atoms with van der Waals surface area (Å²) >= 11 is 0. The molecule has 1 unspecified atom stereocenters. The molecule has 0 spiro atoms. The van der Waals surface area contributed by atoms with E-state index in [1.807, 2.05) is 19.9 Å². The normalized spacial score (nSPS) is 14.6. The van der Waals surface area contributed by atoms with Crippen LogP contribution < -0.4 is 15.4 Å². The van der Waals surface area contributed by atoms with Crippen LogP contribution in [0.4, 0.5) is 0 Å². The van der Waals surface area contributed by atoms with E-state index in [-0.39, 0.29) is 11.9 Å². The van der Waals surface area contributed by atoms with Crippen LogP contribution in [-0.4, -0.2) is 31.6 Å². The van der Waals surface area contributed by atoms with E-state index in [1.165, 1.54) is 11.1 Å². The molecule has 1 aliphatic rings. The number of benzene rings is 1. The van der Waals surface area contributed by atoms with Crippen molar-refractivity contribution < 1.29 is 9.53 Å². The first kappa shape index (κ1) is 13.9. The van der Waals surface area contributed by atoms with Gasteiger partial charge in [0.2, 0.25) is 5.91 Å². The molecule has 0 saturated heterocycles. The van der Waals surface area contributed by atoms with E-state index >= 15 is 0 Å². The molecule has 1 aromatic rings. The summed E-state index contributed by atoms with van der Waals surface area (Å²) in [5.41, 5.74) is 2.59. The second kappa shape index (κ2) is 6.57. The van der Waals surface area contributed by atoms with Crippen molar-refractivity contribution in [2.24, 2.45) is 0 Å². The van der Waals surface area contributed by atoms with Crippen LogP contribution in [-0.2, 0) is 17.6 Å². The summed E-state index contributed by atoms with van der Waals surface area (Å²) in [5, 5.41) is 6.05. The van der Waals surface area contributed by atoms with Gasteiger partial charge in [0.25, 0.3) is 0 Å². The third kappa shape index (κ3) is 3.70. The maximum Gasteiger partial charge on any atom is 0.236 e. The Bertz CT molecular complexity index is 446. The summed E-state index contributed by atoms with van der Waals surface area (Å²) < 4.78 is 5.49. The summed E-state index contributed by atoms with van der Waals surface area (Å²) in [6.07, 6.45) is 1.93. The van der Waals surface area contributed by atoms with Crippen LogP contribution >= 0.6 is 0 Å². The molecule has 0 saturated carbocycles. The summed E-state index contributed by atoms with van der Waals surface area (Å²) in [4.78, 5) is 11.5. The van der Waals surface area contributed by atoms with Crippen molar-refractivity contribution in [1.82, 2.24) is 10.6 Å². The predicted octanol–water partition coefficient (Wildman–Crippen LogP) is 1.28. The van der Waals surface area contributed by atoms with Gasteiger partial charge in [-0.15, -0.1) is 0 Å². The Morgan fingerprint density at radius 1 is 1.47 bits per heavy atom. The quantitative estimate of drug-likeness (QED) is 0.812. The van der Waals surface area contributed by atoms with Gasteiger partial charge in [-0.25, -0.2) is 0 Å². The molecule has 1 atom stereocenters. The number of carbonyl (C=O) groups excluding carboxylic acids is 1. The van der Waals surface area contributed by atoms with Crippen molar-refractivity contribution in [2.75, 3.05) is 19.7 Å². The monoisotopic (exact) mass is 262 g/mol. The highest BCUT2D eigenvalue weighted by atomic mass is 16.5. The highest BCUT2D eigenvalue weighted by Crippen LogP contribution is 2.25. The van der Waals surface area contributed by atoms with Gasteiger partial charge in [-0.2, -0.15) is 0 Å². The largest absolute Gasteiger partial charge is 0.493 e. The number of likely N-dealkylation sites (N-methyl/N-ethyl adjacent to an activating group) is 1. The topological polar surface area (TPSA) is 50.4 Å². The van der Waals surface area contributed by atoms with E-state index < -0.39 is 0 Å². The van der Waals surface area contributed by atoms with E-state index in [2.05, 4.69) is 22.8 Å². The number of hydrogen-bond acceptors (Lipinski definition) is 3. The summed E-state index contributed by atoms with van der Waals surface area (Å²) in [7, 11) is 0. The number of ether oxygens (including phenoxy) is 1. The van der Waals surface area contributed by atoms with Gasteiger partial charge in [-0.3, -0.25) is 4.79 Å². The van der Waals surface area contributed by atoms with Crippen molar-refractivity contribution >= 4 is 5.91 Å². The van der Waals surface area contributed by atoms with E-state index in [4.69, 9.17) is 4.74 Å². The minimum atomic E-state index is -0.141. The zero-order valence-corrected chi connectivity index (χ0v) is 11.7. The average molecular weight is 262 g/mol. The van der Waals surface area contributed by atoms with E-state index in [0.29, 0.717) is 6.54 Å². The minimum absolute atomic E-state index is 0.0600. The van der Waals surface area contributed by atoms with Crippen LogP contribution in [0.25, 0.3) is 0 Å². The Morgan fingerprint density at radius 3 is 3.11 bits per heavy atom. The lowest BCUT2D eigenvalue weighted by atomic mass is 10.1. The Labute approximate surface area is 114 Å². The standard InChI is InChI=1S/C15H22N2O2/c1-3-16-15(18)11(2)17-8-6-12-4-5-14-13(10-12)7-9-19-14/h4-5,10-11,17H,3,6-9H2,1-2H3,(H,16,18). The van der Waals surface area contributed by atoms with Gasteiger partial charge < -0.3 is 15.4 Å². The summed E-state index contributed by atoms with van der Waals surface area (Å²) in [6.45, 7) is 6.09. The van der Waals surface area contributed by atoms with Gasteiger partial charge >= 0.3 is 0 Å². The second-order valence-corrected chi connectivity index (χ2v) is 4.86. The molecule has 1 heterocycles. The molecule has 0 radical (unpaired) electrons. The number of amides is 1. The Morgan fingerprint density at radius 2 is 2.32 bits per heavy atom. The Kier molecular flexibility index (Phi) is 4.80. The average Bonchev–Trinajstić information content (AvgIpc) is 2.86. The van der Waals surface area contributed by atoms with Gasteiger partial charge in [-0.05, 0) is 44.0 Å². The predicted molar refractivity (Wildman–Crippen MR) is 75.5 cm³/mol. The number of fused-ring (bicyclic) bond motifs is 1. The van der Waals surface area contributed by atoms with E-state index in [1.54, 1.807) is 0 Å². The molecule has 1 aliphatic heterocycles. The third-order valence-corrected chi connectivity index (χ3v) is 3.36. The molecule has 0 aliphatic carbocycles. The Hall–Kier alpha value is -1.55. The first-order valence-corrected chi connectivity index (χ1v) is 6.96. The molecule has 0 aromatic heterocycles. The molecule has 0 fully saturated rings. The maximum absolute atomic E-state index is 11.5. The SMILES string of the molecule is CCNC(=O)C(C)NCCc1ccc2c(c1)CCO2. The highest BCUT2D eigenvalue weighted by molar-refractivity contribution is 5.81. The lowest BCUT2D eigenvalue weighted by Crippen LogP contribution is -2.42. The first-order valence-electron chi connectivity index (χ1n) is 6.96. The maximum atomic E-state index is 11.5. The lowest BCUT2D eigenvalue weighted by molar-refractivity contribution is -0.122. The van der Waals surface area contributed by atoms with E-state index in [0.717, 1.165) is 31.7 Å². The molecular formula is C15H22N2O2. The summed E-state index contributed by atoms with van der Waals surface area (Å²) in [6, 6.07) is 6.21. The molecule has 4 nitrogen and oxygen atoms in total. The van der Waals surface area contributed by atoms with Crippen molar-refractivity contribution in [3.8, 4) is 5.75 Å². The minimum Gasteiger partial charge on any atom is -0.493 e. The van der Waals surface area contributed by atoms with Crippen LogP contribution in [0.2, 0.25) is 0 Å². The van der Waals surface area contributed by atoms with Crippen LogP contribution in [0.15, 0.2) is 18.2 Å². The molecule has 2 N–H and O–H groups in total. The van der Waals surface area contributed by atoms with Crippen molar-refractivity contribution in [3.63, 3.8) is 0 Å². The molecule has 19 heavy (non-hydrogen) atoms. The smallest absolute Gasteiger partial charge is 0.236 e. The van der Waals surface area contributed by atoms with E-state index in [9.17, 15) is 4.79 Å². The van der Waals surface area contributed by atoms with Gasteiger partial charge in [0.15, 0.2) is 0 Å². The van der Waals surface area contributed by atoms with Gasteiger partial charge in [0.1, 0.15) is 5.75 Å². The van der Waals surface area contributed by atoms with Crippen LogP contribution in [0, 0.1) is 0 Å². The van der Waals surface area contributed by atoms with Gasteiger partial charge in [-0.1, -0.05) is 12.1 Å². The fraction of sp³-hybridized carbons (Fsp3) is 0.533. The van der Waals surface area contributed by atoms with Crippen LogP contribution in [0.5, 0.6) is 5.75 Å². The zero-order chi connectivity index (χ0) is 13.7. The number of nitrogens with one attached hydrogen (secondary N) is 2. The third-order valence-electron chi connectivity index (χ3n) is 3.36. The number of carbonyl (C=O) groups is 1. The van der Waals surface area contributed by atoms with Crippen molar-refractivity contribution in [2.45, 2.75) is 32.7 Å². The highest BCUT2D eigenvalue weighted by Gasteiger charge is 2.13. The molecule has 104 valence electrons. The lowest BCUT2D eigenvalue weighted by Gasteiger charge is -2.13. The molecule has 2 rings (SSSR count). The van der Waals surface area contributed by atoms with Gasteiger partial charge in [0.05, 0.1) is 12.6 Å². The fourth-order valence-electron chi connectivity index (χ4n) is 2.25. The van der Waals surface area contributed by atoms with Crippen molar-refractivity contribution in [1.29, 1.82) is 0 Å². The van der Waals surface area contributed by atoms with Crippen LogP contribution in [0.1, 0.15) is 25.0 Å². The Balaban J connectivity index is 1.78. The molecular weight excluding hydrogens is 240 g/mol. The second-order valence-electron chi connectivity index (χ2n) is 4.86. The zero-order valence-electron chi connectivity index (χ0n) is 11.7.